The molecule has 0 unspecified atom stereocenters. The summed E-state index contributed by atoms with van der Waals surface area (Å²) in [6.07, 6.45) is 0.541. The standard InChI is InChI=1S/C35H28ClFN4O3S/c1-21-6-4-8-26(37)32(21)39-34(42)30-19-22-14-15-41(28-10-3-2-7-25(28)33(22)45-30)35(43)27-9-5-11-31(38-27)40-16-17-44-29-13-12-24(36)18-23(29)20-40/h2-13,18-19H,14-17,20H2,1H3,(H,39,42). The summed E-state index contributed by atoms with van der Waals surface area (Å²) in [6.45, 7) is 3.81. The smallest absolute Gasteiger partial charge is 0.276 e. The van der Waals surface area contributed by atoms with Gasteiger partial charge in [0.1, 0.15) is 29.7 Å². The van der Waals surface area contributed by atoms with E-state index in [4.69, 9.17) is 21.3 Å². The van der Waals surface area contributed by atoms with Crippen LogP contribution in [0.1, 0.15) is 36.9 Å². The summed E-state index contributed by atoms with van der Waals surface area (Å²) in [5.41, 5.74) is 4.70. The minimum absolute atomic E-state index is 0.179. The van der Waals surface area contributed by atoms with Crippen LogP contribution >= 0.6 is 22.9 Å². The third-order valence-corrected chi connectivity index (χ3v) is 9.51. The second-order valence-electron chi connectivity index (χ2n) is 11.0. The maximum Gasteiger partial charge on any atom is 0.276 e. The quantitative estimate of drug-likeness (QED) is 0.218. The minimum atomic E-state index is -0.475. The van der Waals surface area contributed by atoms with Gasteiger partial charge in [-0.25, -0.2) is 9.37 Å². The van der Waals surface area contributed by atoms with E-state index >= 15 is 0 Å². The zero-order chi connectivity index (χ0) is 31.1. The van der Waals surface area contributed by atoms with Gasteiger partial charge in [0.2, 0.25) is 0 Å². The van der Waals surface area contributed by atoms with Gasteiger partial charge in [-0.05, 0) is 73.0 Å². The maximum absolute atomic E-state index is 14.4. The van der Waals surface area contributed by atoms with Crippen molar-refractivity contribution in [3.8, 4) is 16.2 Å². The van der Waals surface area contributed by atoms with Crippen molar-refractivity contribution >= 4 is 51.9 Å². The fourth-order valence-electron chi connectivity index (χ4n) is 5.80. The van der Waals surface area contributed by atoms with E-state index in [1.807, 2.05) is 60.7 Å². The van der Waals surface area contributed by atoms with E-state index in [1.54, 1.807) is 30.0 Å². The van der Waals surface area contributed by atoms with E-state index in [-0.39, 0.29) is 17.5 Å². The van der Waals surface area contributed by atoms with Gasteiger partial charge in [-0.2, -0.15) is 0 Å². The minimum Gasteiger partial charge on any atom is -0.491 e. The lowest BCUT2D eigenvalue weighted by molar-refractivity contribution is 0.0981. The Hall–Kier alpha value is -4.73. The molecule has 2 aliphatic rings. The lowest BCUT2D eigenvalue weighted by Crippen LogP contribution is -2.34. The van der Waals surface area contributed by atoms with E-state index in [1.165, 1.54) is 17.4 Å². The first-order valence-corrected chi connectivity index (χ1v) is 15.8. The first kappa shape index (κ1) is 29.0. The monoisotopic (exact) mass is 638 g/mol. The molecule has 5 aromatic rings. The average Bonchev–Trinajstić information content (AvgIpc) is 3.27. The number of hydrogen-bond donors (Lipinski definition) is 1. The van der Waals surface area contributed by atoms with Crippen molar-refractivity contribution < 1.29 is 18.7 Å². The van der Waals surface area contributed by atoms with Gasteiger partial charge in [-0.15, -0.1) is 11.3 Å². The largest absolute Gasteiger partial charge is 0.491 e. The van der Waals surface area contributed by atoms with Crippen LogP contribution in [0.4, 0.5) is 21.6 Å². The number of aryl methyl sites for hydroxylation is 1. The third-order valence-electron chi connectivity index (χ3n) is 8.06. The number of benzene rings is 3. The molecule has 0 atom stereocenters. The van der Waals surface area contributed by atoms with Crippen LogP contribution in [0.5, 0.6) is 5.75 Å². The molecule has 226 valence electrons. The normalized spacial score (nSPS) is 13.9. The van der Waals surface area contributed by atoms with Crippen molar-refractivity contribution in [3.05, 3.63) is 123 Å². The lowest BCUT2D eigenvalue weighted by atomic mass is 10.1. The second-order valence-corrected chi connectivity index (χ2v) is 12.5. The first-order chi connectivity index (χ1) is 21.9. The molecule has 1 N–H and O–H groups in total. The Kier molecular flexibility index (Phi) is 7.73. The molecule has 0 radical (unpaired) electrons. The molecular weight excluding hydrogens is 611 g/mol. The number of ether oxygens (including phenoxy) is 1. The number of anilines is 3. The number of para-hydroxylation sites is 2. The number of fused-ring (bicyclic) bond motifs is 4. The van der Waals surface area contributed by atoms with Crippen molar-refractivity contribution in [1.82, 2.24) is 4.98 Å². The fraction of sp³-hybridized carbons (Fsp3) is 0.171. The molecule has 4 heterocycles. The van der Waals surface area contributed by atoms with E-state index in [2.05, 4.69) is 10.2 Å². The van der Waals surface area contributed by atoms with Crippen LogP contribution in [0.3, 0.4) is 0 Å². The molecule has 3 aromatic carbocycles. The number of aromatic nitrogens is 1. The molecule has 7 nitrogen and oxygen atoms in total. The number of carbonyl (C=O) groups is 2. The molecule has 0 saturated carbocycles. The number of carbonyl (C=O) groups excluding carboxylic acids is 2. The molecule has 0 aliphatic carbocycles. The Morgan fingerprint density at radius 1 is 0.978 bits per heavy atom. The Morgan fingerprint density at radius 2 is 1.82 bits per heavy atom. The SMILES string of the molecule is Cc1cccc(F)c1NC(=O)c1cc2c(s1)-c1ccccc1N(C(=O)c1cccc(N3CCOc4ccc(Cl)cc4C3)n1)CC2. The topological polar surface area (TPSA) is 74.8 Å². The highest BCUT2D eigenvalue weighted by molar-refractivity contribution is 7.17. The number of halogens is 2. The predicted molar refractivity (Wildman–Crippen MR) is 176 cm³/mol. The van der Waals surface area contributed by atoms with Crippen molar-refractivity contribution in [2.75, 3.05) is 34.8 Å². The molecule has 0 bridgehead atoms. The third kappa shape index (κ3) is 5.65. The molecule has 7 rings (SSSR count). The van der Waals surface area contributed by atoms with Crippen LogP contribution in [0, 0.1) is 12.7 Å². The van der Waals surface area contributed by atoms with Gasteiger partial charge < -0.3 is 19.9 Å². The molecule has 0 fully saturated rings. The summed E-state index contributed by atoms with van der Waals surface area (Å²) in [4.78, 5) is 37.3. The molecule has 2 aromatic heterocycles. The van der Waals surface area contributed by atoms with Gasteiger partial charge in [-0.1, -0.05) is 48.0 Å². The van der Waals surface area contributed by atoms with Gasteiger partial charge in [-0.3, -0.25) is 9.59 Å². The first-order valence-electron chi connectivity index (χ1n) is 14.6. The number of thiophene rings is 1. The van der Waals surface area contributed by atoms with Crippen LogP contribution < -0.4 is 19.9 Å². The number of amides is 2. The summed E-state index contributed by atoms with van der Waals surface area (Å²) in [5, 5.41) is 3.38. The Morgan fingerprint density at radius 3 is 2.69 bits per heavy atom. The summed E-state index contributed by atoms with van der Waals surface area (Å²) >= 11 is 7.59. The van der Waals surface area contributed by atoms with Gasteiger partial charge in [0.25, 0.3) is 11.8 Å². The van der Waals surface area contributed by atoms with Crippen molar-refractivity contribution in [1.29, 1.82) is 0 Å². The van der Waals surface area contributed by atoms with Crippen molar-refractivity contribution in [2.45, 2.75) is 19.9 Å². The van der Waals surface area contributed by atoms with E-state index in [0.29, 0.717) is 59.6 Å². The van der Waals surface area contributed by atoms with Crippen molar-refractivity contribution in [2.24, 2.45) is 0 Å². The number of nitrogens with zero attached hydrogens (tertiary/aromatic N) is 3. The molecular formula is C35H28ClFN4O3S. The fourth-order valence-corrected chi connectivity index (χ4v) is 7.13. The second kappa shape index (κ2) is 12.0. The van der Waals surface area contributed by atoms with E-state index in [9.17, 15) is 14.0 Å². The summed E-state index contributed by atoms with van der Waals surface area (Å²) in [6, 6.07) is 25.3. The van der Waals surface area contributed by atoms with Crippen LogP contribution in [-0.4, -0.2) is 36.5 Å². The molecule has 2 aliphatic heterocycles. The number of pyridine rings is 1. The van der Waals surface area contributed by atoms with Gasteiger partial charge in [0.15, 0.2) is 0 Å². The summed E-state index contributed by atoms with van der Waals surface area (Å²) in [7, 11) is 0. The number of rotatable bonds is 4. The van der Waals surface area contributed by atoms with Gasteiger partial charge in [0, 0.05) is 34.1 Å². The van der Waals surface area contributed by atoms with Crippen LogP contribution in [-0.2, 0) is 13.0 Å². The molecule has 0 spiro atoms. The molecule has 2 amide bonds. The lowest BCUT2D eigenvalue weighted by Gasteiger charge is -2.24. The molecule has 0 saturated heterocycles. The zero-order valence-corrected chi connectivity index (χ0v) is 25.9. The van der Waals surface area contributed by atoms with Crippen LogP contribution in [0.2, 0.25) is 5.02 Å². The number of nitrogens with one attached hydrogen (secondary N) is 1. The summed E-state index contributed by atoms with van der Waals surface area (Å²) < 4.78 is 20.3. The van der Waals surface area contributed by atoms with Crippen LogP contribution in [0.25, 0.3) is 10.4 Å². The molecule has 45 heavy (non-hydrogen) atoms. The van der Waals surface area contributed by atoms with Crippen molar-refractivity contribution in [3.63, 3.8) is 0 Å². The van der Waals surface area contributed by atoms with E-state index < -0.39 is 5.82 Å². The number of hydrogen-bond acceptors (Lipinski definition) is 6. The van der Waals surface area contributed by atoms with Gasteiger partial charge in [0.05, 0.1) is 22.8 Å². The highest BCUT2D eigenvalue weighted by Gasteiger charge is 2.29. The Bertz CT molecular complexity index is 1940. The van der Waals surface area contributed by atoms with Crippen LogP contribution in [0.15, 0.2) is 84.9 Å². The zero-order valence-electron chi connectivity index (χ0n) is 24.3. The Labute approximate surface area is 268 Å². The summed E-state index contributed by atoms with van der Waals surface area (Å²) in [5.74, 6) is 0.432. The average molecular weight is 639 g/mol. The predicted octanol–water partition coefficient (Wildman–Crippen LogP) is 7.77. The maximum atomic E-state index is 14.4. The highest BCUT2D eigenvalue weighted by Crippen LogP contribution is 2.42. The Balaban J connectivity index is 1.16. The molecule has 10 heteroatoms. The highest BCUT2D eigenvalue weighted by atomic mass is 35.5. The van der Waals surface area contributed by atoms with Gasteiger partial charge >= 0.3 is 0 Å². The van der Waals surface area contributed by atoms with E-state index in [0.717, 1.165) is 33.0 Å².